The van der Waals surface area contributed by atoms with Gasteiger partial charge in [-0.2, -0.15) is 0 Å². The van der Waals surface area contributed by atoms with Crippen LogP contribution >= 0.6 is 7.82 Å². The van der Waals surface area contributed by atoms with Crippen LogP contribution in [0.25, 0.3) is 0 Å². The standard InChI is InChI=1S/BH2O4P/c1-5-6(2,3)4/h(H2,2,3,4). The highest BCUT2D eigenvalue weighted by Crippen LogP contribution is 2.33. The molecule has 0 spiro atoms. The summed E-state index contributed by atoms with van der Waals surface area (Å²) in [7, 11) is -0.326. The molecule has 0 atom stereocenters. The molecule has 0 aliphatic heterocycles. The molecule has 34 valence electrons. The predicted octanol–water partition coefficient (Wildman–Crippen LogP) is -0.821. The first-order chi connectivity index (χ1) is 2.56. The highest BCUT2D eigenvalue weighted by atomic mass is 31.2. The van der Waals surface area contributed by atoms with Crippen LogP contribution < -0.4 is 0 Å². The first-order valence-corrected chi connectivity index (χ1v) is 2.53. The monoisotopic (exact) mass is 108 g/mol. The Labute approximate surface area is 35.8 Å². The molecule has 0 saturated carbocycles. The number of hydrogen-bond donors (Lipinski definition) is 2. The predicted molar refractivity (Wildman–Crippen MR) is 18.9 cm³/mol. The Bertz CT molecular complexity index is 71.6. The molecule has 6 heavy (non-hydrogen) atoms. The van der Waals surface area contributed by atoms with Gasteiger partial charge in [0.2, 0.25) is 0 Å². The van der Waals surface area contributed by atoms with Crippen LogP contribution in [0.2, 0.25) is 0 Å². The van der Waals surface area contributed by atoms with Gasteiger partial charge in [0.25, 0.3) is 8.05 Å². The first kappa shape index (κ1) is 6.17. The molecule has 0 saturated heterocycles. The van der Waals surface area contributed by atoms with Crippen LogP contribution in [-0.2, 0) is 9.01 Å². The molecular weight excluding hydrogens is 106 g/mol. The Morgan fingerprint density at radius 2 is 1.83 bits per heavy atom. The van der Waals surface area contributed by atoms with Gasteiger partial charge >= 0.3 is 7.82 Å². The lowest BCUT2D eigenvalue weighted by Gasteiger charge is -1.94. The molecule has 2 radical (unpaired) electrons. The van der Waals surface area contributed by atoms with Crippen LogP contribution in [0.3, 0.4) is 0 Å². The van der Waals surface area contributed by atoms with Crippen molar-refractivity contribution in [2.24, 2.45) is 0 Å². The fraction of sp³-hybridized carbons (Fsp3) is 0. The summed E-state index contributed by atoms with van der Waals surface area (Å²) in [4.78, 5) is 15.2. The van der Waals surface area contributed by atoms with Gasteiger partial charge in [-0.1, -0.05) is 0 Å². The quantitative estimate of drug-likeness (QED) is 0.340. The summed E-state index contributed by atoms with van der Waals surface area (Å²) >= 11 is 0. The van der Waals surface area contributed by atoms with Crippen molar-refractivity contribution in [3.8, 4) is 0 Å². The third-order valence-electron chi connectivity index (χ3n) is 0.137. The van der Waals surface area contributed by atoms with Crippen molar-refractivity contribution in [3.05, 3.63) is 0 Å². The van der Waals surface area contributed by atoms with E-state index in [1.807, 2.05) is 0 Å². The summed E-state index contributed by atoms with van der Waals surface area (Å²) in [5, 5.41) is 0. The van der Waals surface area contributed by atoms with E-state index < -0.39 is 7.82 Å². The molecule has 0 fully saturated rings. The summed E-state index contributed by atoms with van der Waals surface area (Å²) in [6, 6.07) is 0. The fourth-order valence-electron chi connectivity index (χ4n) is 0. The Hall–Kier alpha value is 0.175. The van der Waals surface area contributed by atoms with Crippen LogP contribution in [0.15, 0.2) is 0 Å². The smallest absolute Gasteiger partial charge is 0.362 e. The van der Waals surface area contributed by atoms with Crippen molar-refractivity contribution < 1.29 is 18.8 Å². The Morgan fingerprint density at radius 1 is 1.67 bits per heavy atom. The molecule has 0 amide bonds. The molecule has 0 heterocycles. The lowest BCUT2D eigenvalue weighted by Crippen LogP contribution is -1.78. The second-order valence-corrected chi connectivity index (χ2v) is 1.79. The van der Waals surface area contributed by atoms with Crippen LogP contribution in [0.4, 0.5) is 0 Å². The van der Waals surface area contributed by atoms with Gasteiger partial charge in [0.1, 0.15) is 0 Å². The Kier molecular flexibility index (Phi) is 1.80. The van der Waals surface area contributed by atoms with Gasteiger partial charge in [-0.05, 0) is 0 Å². The Balaban J connectivity index is 3.48. The maximum Gasteiger partial charge on any atom is 0.454 e. The summed E-state index contributed by atoms with van der Waals surface area (Å²) < 4.78 is 12.5. The SMILES string of the molecule is [B]OP(=O)(O)O. The van der Waals surface area contributed by atoms with E-state index in [0.717, 1.165) is 0 Å². The molecule has 2 N–H and O–H groups in total. The normalized spacial score (nSPS) is 11.7. The van der Waals surface area contributed by atoms with Crippen LogP contribution in [0.1, 0.15) is 0 Å². The maximum absolute atomic E-state index is 9.35. The van der Waals surface area contributed by atoms with Crippen LogP contribution in [0, 0.1) is 0 Å². The molecule has 0 aliphatic rings. The van der Waals surface area contributed by atoms with Gasteiger partial charge in [-0.15, -0.1) is 0 Å². The van der Waals surface area contributed by atoms with Crippen molar-refractivity contribution >= 4 is 15.9 Å². The first-order valence-electron chi connectivity index (χ1n) is 1.00. The summed E-state index contributed by atoms with van der Waals surface area (Å²) in [5.41, 5.74) is 0. The molecule has 0 unspecified atom stereocenters. The van der Waals surface area contributed by atoms with Gasteiger partial charge < -0.3 is 14.2 Å². The minimum Gasteiger partial charge on any atom is -0.362 e. The van der Waals surface area contributed by atoms with Gasteiger partial charge in [-0.25, -0.2) is 4.57 Å². The number of hydrogen-bond acceptors (Lipinski definition) is 2. The second-order valence-electron chi connectivity index (χ2n) is 0.596. The fourth-order valence-corrected chi connectivity index (χ4v) is 0. The minimum absolute atomic E-state index is 3.10. The lowest BCUT2D eigenvalue weighted by molar-refractivity contribution is 0.292. The molecule has 4 nitrogen and oxygen atoms in total. The third kappa shape index (κ3) is 4.17. The van der Waals surface area contributed by atoms with E-state index in [0.29, 0.717) is 0 Å². The van der Waals surface area contributed by atoms with Crippen LogP contribution in [0.5, 0.6) is 0 Å². The van der Waals surface area contributed by atoms with Crippen molar-refractivity contribution in [1.29, 1.82) is 0 Å². The summed E-state index contributed by atoms with van der Waals surface area (Å²) in [6.45, 7) is 0. The minimum atomic E-state index is -4.37. The molecule has 0 aromatic rings. The van der Waals surface area contributed by atoms with E-state index in [4.69, 9.17) is 9.79 Å². The third-order valence-corrected chi connectivity index (χ3v) is 0.412. The zero-order valence-corrected chi connectivity index (χ0v) is 3.63. The van der Waals surface area contributed by atoms with Crippen molar-refractivity contribution in [2.75, 3.05) is 0 Å². The van der Waals surface area contributed by atoms with Gasteiger partial charge in [0.15, 0.2) is 0 Å². The molecule has 0 aromatic heterocycles. The number of rotatable bonds is 1. The van der Waals surface area contributed by atoms with Crippen LogP contribution in [-0.4, -0.2) is 17.8 Å². The van der Waals surface area contributed by atoms with Gasteiger partial charge in [0, 0.05) is 0 Å². The summed E-state index contributed by atoms with van der Waals surface area (Å²) in [6.07, 6.45) is 0. The molecule has 0 rings (SSSR count). The Morgan fingerprint density at radius 3 is 1.83 bits per heavy atom. The zero-order valence-electron chi connectivity index (χ0n) is 2.74. The second kappa shape index (κ2) is 1.75. The molecule has 0 aliphatic carbocycles. The highest BCUT2D eigenvalue weighted by molar-refractivity contribution is 7.47. The van der Waals surface area contributed by atoms with E-state index in [-0.39, 0.29) is 0 Å². The van der Waals surface area contributed by atoms with E-state index in [1.165, 1.54) is 0 Å². The maximum atomic E-state index is 9.35. The molecule has 0 aromatic carbocycles. The van der Waals surface area contributed by atoms with Gasteiger partial charge in [0.05, 0.1) is 0 Å². The lowest BCUT2D eigenvalue weighted by atomic mass is 10.6. The van der Waals surface area contributed by atoms with E-state index in [1.54, 1.807) is 0 Å². The van der Waals surface area contributed by atoms with E-state index >= 15 is 0 Å². The molecular formula is H2BO4P. The topological polar surface area (TPSA) is 66.8 Å². The molecule has 0 bridgehead atoms. The van der Waals surface area contributed by atoms with E-state index in [9.17, 15) is 4.57 Å². The molecule has 6 heteroatoms. The summed E-state index contributed by atoms with van der Waals surface area (Å²) in [5.74, 6) is 0. The van der Waals surface area contributed by atoms with Crippen molar-refractivity contribution in [3.63, 3.8) is 0 Å². The highest BCUT2D eigenvalue weighted by Gasteiger charge is 2.06. The average molecular weight is 108 g/mol. The van der Waals surface area contributed by atoms with Crippen molar-refractivity contribution in [2.45, 2.75) is 0 Å². The average Bonchev–Trinajstić information content (AvgIpc) is 1.35. The van der Waals surface area contributed by atoms with Gasteiger partial charge in [-0.3, -0.25) is 0 Å². The largest absolute Gasteiger partial charge is 0.454 e. The zero-order chi connectivity index (χ0) is 5.21. The van der Waals surface area contributed by atoms with Crippen molar-refractivity contribution in [1.82, 2.24) is 0 Å². The number of phosphoric acid groups is 1. The van der Waals surface area contributed by atoms with E-state index in [2.05, 4.69) is 12.5 Å².